The standard InChI is InChI=1S/C11H13NO/c1-2-3-4-10-5-12(6-10)7-11-8-13-9-11/h1,10-11H,5-9H2. The van der Waals surface area contributed by atoms with Gasteiger partial charge in [0.1, 0.15) is 0 Å². The highest BCUT2D eigenvalue weighted by atomic mass is 16.5. The molecule has 2 aliphatic rings. The van der Waals surface area contributed by atoms with Crippen LogP contribution < -0.4 is 0 Å². The van der Waals surface area contributed by atoms with E-state index >= 15 is 0 Å². The van der Waals surface area contributed by atoms with Crippen LogP contribution in [0.1, 0.15) is 0 Å². The van der Waals surface area contributed by atoms with Gasteiger partial charge in [0.05, 0.1) is 13.2 Å². The molecule has 0 spiro atoms. The lowest BCUT2D eigenvalue weighted by Crippen LogP contribution is -2.50. The fourth-order valence-corrected chi connectivity index (χ4v) is 1.71. The second-order valence-corrected chi connectivity index (χ2v) is 3.73. The van der Waals surface area contributed by atoms with Gasteiger partial charge in [0.25, 0.3) is 0 Å². The minimum atomic E-state index is 0.511. The molecule has 68 valence electrons. The first-order valence-electron chi connectivity index (χ1n) is 4.64. The third kappa shape index (κ3) is 2.04. The van der Waals surface area contributed by atoms with Gasteiger partial charge < -0.3 is 9.64 Å². The largest absolute Gasteiger partial charge is 0.381 e. The van der Waals surface area contributed by atoms with Crippen molar-refractivity contribution in [1.82, 2.24) is 4.90 Å². The lowest BCUT2D eigenvalue weighted by atomic mass is 9.98. The van der Waals surface area contributed by atoms with Crippen LogP contribution in [-0.4, -0.2) is 37.7 Å². The number of rotatable bonds is 2. The van der Waals surface area contributed by atoms with Gasteiger partial charge in [-0.1, -0.05) is 5.92 Å². The SMILES string of the molecule is C#CC#CC1CN(CC2COC2)C1. The van der Waals surface area contributed by atoms with Crippen LogP contribution in [0.15, 0.2) is 0 Å². The van der Waals surface area contributed by atoms with Crippen LogP contribution in [-0.2, 0) is 4.74 Å². The molecule has 0 unspecified atom stereocenters. The van der Waals surface area contributed by atoms with Gasteiger partial charge in [0.15, 0.2) is 0 Å². The molecule has 0 aromatic carbocycles. The smallest absolute Gasteiger partial charge is 0.0528 e. The summed E-state index contributed by atoms with van der Waals surface area (Å²) in [5.74, 6) is 9.35. The first-order chi connectivity index (χ1) is 6.38. The molecule has 0 bridgehead atoms. The van der Waals surface area contributed by atoms with Crippen molar-refractivity contribution in [2.75, 3.05) is 32.8 Å². The predicted octanol–water partition coefficient (Wildman–Crippen LogP) is 0.201. The molecule has 2 rings (SSSR count). The molecule has 0 N–H and O–H groups in total. The van der Waals surface area contributed by atoms with Gasteiger partial charge in [0.2, 0.25) is 0 Å². The van der Waals surface area contributed by atoms with Crippen LogP contribution >= 0.6 is 0 Å². The molecule has 2 fully saturated rings. The molecular weight excluding hydrogens is 162 g/mol. The van der Waals surface area contributed by atoms with Crippen molar-refractivity contribution in [2.24, 2.45) is 11.8 Å². The number of hydrogen-bond acceptors (Lipinski definition) is 2. The van der Waals surface area contributed by atoms with Gasteiger partial charge in [-0.2, -0.15) is 0 Å². The summed E-state index contributed by atoms with van der Waals surface area (Å²) in [6.45, 7) is 5.24. The zero-order chi connectivity index (χ0) is 9.10. The summed E-state index contributed by atoms with van der Waals surface area (Å²) in [6, 6.07) is 0. The maximum absolute atomic E-state index is 5.11. The van der Waals surface area contributed by atoms with Gasteiger partial charge in [0, 0.05) is 31.5 Å². The highest BCUT2D eigenvalue weighted by Crippen LogP contribution is 2.19. The van der Waals surface area contributed by atoms with Crippen LogP contribution in [0.5, 0.6) is 0 Å². The van der Waals surface area contributed by atoms with Crippen molar-refractivity contribution in [1.29, 1.82) is 0 Å². The maximum Gasteiger partial charge on any atom is 0.0528 e. The molecule has 0 amide bonds. The van der Waals surface area contributed by atoms with E-state index in [-0.39, 0.29) is 0 Å². The summed E-state index contributed by atoms with van der Waals surface area (Å²) in [5, 5.41) is 0. The van der Waals surface area contributed by atoms with Gasteiger partial charge >= 0.3 is 0 Å². The van der Waals surface area contributed by atoms with Crippen LogP contribution in [0, 0.1) is 36.0 Å². The molecule has 2 heteroatoms. The number of hydrogen-bond donors (Lipinski definition) is 0. The Labute approximate surface area is 79.2 Å². The average molecular weight is 175 g/mol. The van der Waals surface area contributed by atoms with Crippen LogP contribution in [0.4, 0.5) is 0 Å². The fourth-order valence-electron chi connectivity index (χ4n) is 1.71. The number of ether oxygens (including phenoxy) is 1. The van der Waals surface area contributed by atoms with E-state index in [0.29, 0.717) is 5.92 Å². The lowest BCUT2D eigenvalue weighted by Gasteiger charge is -2.40. The zero-order valence-corrected chi connectivity index (χ0v) is 7.62. The van der Waals surface area contributed by atoms with E-state index in [1.54, 1.807) is 0 Å². The molecule has 0 saturated carbocycles. The van der Waals surface area contributed by atoms with Crippen molar-refractivity contribution in [3.63, 3.8) is 0 Å². The van der Waals surface area contributed by atoms with E-state index in [2.05, 4.69) is 22.7 Å². The molecule has 0 aromatic heterocycles. The van der Waals surface area contributed by atoms with Crippen LogP contribution in [0.3, 0.4) is 0 Å². The Morgan fingerprint density at radius 1 is 1.38 bits per heavy atom. The highest BCUT2D eigenvalue weighted by molar-refractivity contribution is 5.24. The lowest BCUT2D eigenvalue weighted by molar-refractivity contribution is -0.0576. The van der Waals surface area contributed by atoms with Crippen LogP contribution in [0.25, 0.3) is 0 Å². The monoisotopic (exact) mass is 175 g/mol. The van der Waals surface area contributed by atoms with Crippen molar-refractivity contribution in [3.8, 4) is 24.2 Å². The van der Waals surface area contributed by atoms with Crippen LogP contribution in [0.2, 0.25) is 0 Å². The first-order valence-corrected chi connectivity index (χ1v) is 4.64. The summed E-state index contributed by atoms with van der Waals surface area (Å²) < 4.78 is 5.11. The Morgan fingerprint density at radius 2 is 2.15 bits per heavy atom. The quantitative estimate of drug-likeness (QED) is 0.556. The topological polar surface area (TPSA) is 12.5 Å². The Kier molecular flexibility index (Phi) is 2.54. The van der Waals surface area contributed by atoms with E-state index in [0.717, 1.165) is 32.2 Å². The molecule has 2 nitrogen and oxygen atoms in total. The number of terminal acetylenes is 1. The summed E-state index contributed by atoms with van der Waals surface area (Å²) in [6.07, 6.45) is 5.05. The van der Waals surface area contributed by atoms with E-state index in [1.807, 2.05) is 0 Å². The second-order valence-electron chi connectivity index (χ2n) is 3.73. The van der Waals surface area contributed by atoms with E-state index in [4.69, 9.17) is 11.2 Å². The molecule has 2 heterocycles. The summed E-state index contributed by atoms with van der Waals surface area (Å²) >= 11 is 0. The van der Waals surface area contributed by atoms with Crippen molar-refractivity contribution in [3.05, 3.63) is 0 Å². The molecule has 2 saturated heterocycles. The zero-order valence-electron chi connectivity index (χ0n) is 7.62. The Balaban J connectivity index is 1.64. The third-order valence-corrected chi connectivity index (χ3v) is 2.53. The van der Waals surface area contributed by atoms with Gasteiger partial charge in [-0.15, -0.1) is 6.42 Å². The van der Waals surface area contributed by atoms with Crippen molar-refractivity contribution < 1.29 is 4.74 Å². The van der Waals surface area contributed by atoms with Gasteiger partial charge in [-0.3, -0.25) is 0 Å². The summed E-state index contributed by atoms with van der Waals surface area (Å²) in [7, 11) is 0. The van der Waals surface area contributed by atoms with Crippen molar-refractivity contribution >= 4 is 0 Å². The first kappa shape index (κ1) is 8.63. The van der Waals surface area contributed by atoms with E-state index in [9.17, 15) is 0 Å². The minimum Gasteiger partial charge on any atom is -0.381 e. The van der Waals surface area contributed by atoms with E-state index < -0.39 is 0 Å². The molecule has 0 radical (unpaired) electrons. The fraction of sp³-hybridized carbons (Fsp3) is 0.636. The molecule has 0 atom stereocenters. The molecule has 2 aliphatic heterocycles. The Bertz CT molecular complexity index is 271. The highest BCUT2D eigenvalue weighted by Gasteiger charge is 2.29. The molecule has 13 heavy (non-hydrogen) atoms. The number of nitrogens with zero attached hydrogens (tertiary/aromatic N) is 1. The average Bonchev–Trinajstić information content (AvgIpc) is 1.97. The third-order valence-electron chi connectivity index (χ3n) is 2.53. The van der Waals surface area contributed by atoms with Gasteiger partial charge in [-0.05, 0) is 11.8 Å². The Morgan fingerprint density at radius 3 is 2.69 bits per heavy atom. The van der Waals surface area contributed by atoms with E-state index in [1.165, 1.54) is 6.54 Å². The van der Waals surface area contributed by atoms with Crippen molar-refractivity contribution in [2.45, 2.75) is 0 Å². The predicted molar refractivity (Wildman–Crippen MR) is 50.8 cm³/mol. The molecule has 0 aliphatic carbocycles. The Hall–Kier alpha value is -0.960. The second kappa shape index (κ2) is 3.83. The normalized spacial score (nSPS) is 23.6. The van der Waals surface area contributed by atoms with Gasteiger partial charge in [-0.25, -0.2) is 0 Å². The minimum absolute atomic E-state index is 0.511. The molecule has 0 aromatic rings. The summed E-state index contributed by atoms with van der Waals surface area (Å²) in [5.41, 5.74) is 0. The molecular formula is C11H13NO. The maximum atomic E-state index is 5.11. The number of likely N-dealkylation sites (tertiary alicyclic amines) is 1. The summed E-state index contributed by atoms with van der Waals surface area (Å²) in [4.78, 5) is 2.42.